The van der Waals surface area contributed by atoms with Gasteiger partial charge in [-0.3, -0.25) is 4.79 Å². The number of benzene rings is 1. The van der Waals surface area contributed by atoms with E-state index >= 15 is 0 Å². The maximum Gasteiger partial charge on any atom is 0.151 e. The van der Waals surface area contributed by atoms with Gasteiger partial charge in [0.1, 0.15) is 17.8 Å². The van der Waals surface area contributed by atoms with Gasteiger partial charge in [-0.05, 0) is 18.2 Å². The van der Waals surface area contributed by atoms with Crippen molar-refractivity contribution >= 4 is 6.29 Å². The van der Waals surface area contributed by atoms with Gasteiger partial charge >= 0.3 is 0 Å². The van der Waals surface area contributed by atoms with Crippen LogP contribution in [0.5, 0.6) is 5.75 Å². The zero-order valence-electron chi connectivity index (χ0n) is 9.02. The third kappa shape index (κ3) is 1.62. The standard InChI is InChI=1S/C13H10FNO2/c14-11-1-2-13-10(5-11)6-15-4-3-9(7-16)12(15)8-17-13/h1-3,5,7-8H,4,6H2. The van der Waals surface area contributed by atoms with E-state index in [9.17, 15) is 9.18 Å². The van der Waals surface area contributed by atoms with Gasteiger partial charge in [0, 0.05) is 24.2 Å². The van der Waals surface area contributed by atoms with E-state index in [1.807, 2.05) is 11.0 Å². The summed E-state index contributed by atoms with van der Waals surface area (Å²) in [6.07, 6.45) is 4.20. The van der Waals surface area contributed by atoms with Crippen LogP contribution in [0.3, 0.4) is 0 Å². The Kier molecular flexibility index (Phi) is 2.21. The molecule has 0 unspecified atom stereocenters. The van der Waals surface area contributed by atoms with Gasteiger partial charge in [0.2, 0.25) is 0 Å². The number of carbonyl (C=O) groups excluding carboxylic acids is 1. The van der Waals surface area contributed by atoms with Crippen molar-refractivity contribution in [2.24, 2.45) is 0 Å². The molecular formula is C13H10FNO2. The average molecular weight is 231 g/mol. The summed E-state index contributed by atoms with van der Waals surface area (Å²) < 4.78 is 18.6. The molecule has 0 saturated heterocycles. The lowest BCUT2D eigenvalue weighted by Crippen LogP contribution is -2.18. The second-order valence-electron chi connectivity index (χ2n) is 4.03. The third-order valence-corrected chi connectivity index (χ3v) is 2.98. The number of fused-ring (bicyclic) bond motifs is 2. The summed E-state index contributed by atoms with van der Waals surface area (Å²) in [6.45, 7) is 1.20. The Labute approximate surface area is 97.8 Å². The molecule has 0 radical (unpaired) electrons. The summed E-state index contributed by atoms with van der Waals surface area (Å²) in [4.78, 5) is 12.8. The minimum Gasteiger partial charge on any atom is -0.462 e. The Morgan fingerprint density at radius 1 is 1.41 bits per heavy atom. The molecule has 0 aromatic heterocycles. The Bertz CT molecular complexity index is 548. The second-order valence-corrected chi connectivity index (χ2v) is 4.03. The first-order valence-corrected chi connectivity index (χ1v) is 5.34. The van der Waals surface area contributed by atoms with Crippen molar-refractivity contribution in [3.05, 3.63) is 53.2 Å². The highest BCUT2D eigenvalue weighted by Crippen LogP contribution is 2.31. The fourth-order valence-corrected chi connectivity index (χ4v) is 2.11. The molecule has 0 aliphatic carbocycles. The number of carbonyl (C=O) groups is 1. The highest BCUT2D eigenvalue weighted by Gasteiger charge is 2.24. The SMILES string of the molecule is O=CC1=CCN2Cc3cc(F)ccc3OC=C12. The first kappa shape index (κ1) is 10.1. The van der Waals surface area contributed by atoms with Crippen LogP contribution in [-0.2, 0) is 11.3 Å². The van der Waals surface area contributed by atoms with E-state index in [-0.39, 0.29) is 5.82 Å². The maximum atomic E-state index is 13.2. The highest BCUT2D eigenvalue weighted by molar-refractivity contribution is 5.81. The third-order valence-electron chi connectivity index (χ3n) is 2.98. The van der Waals surface area contributed by atoms with Crippen molar-refractivity contribution in [2.75, 3.05) is 6.54 Å². The molecule has 0 saturated carbocycles. The molecule has 17 heavy (non-hydrogen) atoms. The lowest BCUT2D eigenvalue weighted by atomic mass is 10.2. The molecule has 4 heteroatoms. The normalized spacial score (nSPS) is 17.4. The van der Waals surface area contributed by atoms with E-state index in [1.165, 1.54) is 12.1 Å². The molecule has 0 amide bonds. The molecule has 0 bridgehead atoms. The van der Waals surface area contributed by atoms with Crippen LogP contribution < -0.4 is 4.74 Å². The summed E-state index contributed by atoms with van der Waals surface area (Å²) in [7, 11) is 0. The average Bonchev–Trinajstić information content (AvgIpc) is 2.62. The first-order chi connectivity index (χ1) is 8.28. The Hall–Kier alpha value is -2.10. The van der Waals surface area contributed by atoms with Gasteiger partial charge in [-0.1, -0.05) is 6.08 Å². The second kappa shape index (κ2) is 3.73. The molecule has 3 nitrogen and oxygen atoms in total. The molecular weight excluding hydrogens is 221 g/mol. The van der Waals surface area contributed by atoms with Gasteiger partial charge in [0.05, 0.1) is 5.70 Å². The summed E-state index contributed by atoms with van der Waals surface area (Å²) in [5.74, 6) is 0.358. The van der Waals surface area contributed by atoms with Crippen LogP contribution >= 0.6 is 0 Å². The van der Waals surface area contributed by atoms with Crippen molar-refractivity contribution in [3.63, 3.8) is 0 Å². The number of allylic oxidation sites excluding steroid dienone is 1. The van der Waals surface area contributed by atoms with E-state index in [2.05, 4.69) is 0 Å². The largest absolute Gasteiger partial charge is 0.462 e. The molecule has 86 valence electrons. The molecule has 3 rings (SSSR count). The fraction of sp³-hybridized carbons (Fsp3) is 0.154. The molecule has 1 aromatic carbocycles. The van der Waals surface area contributed by atoms with Crippen LogP contribution in [0.1, 0.15) is 5.56 Å². The number of ether oxygens (including phenoxy) is 1. The number of hydrogen-bond acceptors (Lipinski definition) is 3. The highest BCUT2D eigenvalue weighted by atomic mass is 19.1. The molecule has 0 spiro atoms. The zero-order chi connectivity index (χ0) is 11.8. The van der Waals surface area contributed by atoms with Crippen molar-refractivity contribution < 1.29 is 13.9 Å². The van der Waals surface area contributed by atoms with Crippen molar-refractivity contribution in [1.82, 2.24) is 4.90 Å². The van der Waals surface area contributed by atoms with Crippen LogP contribution in [-0.4, -0.2) is 17.7 Å². The van der Waals surface area contributed by atoms with Crippen molar-refractivity contribution in [3.8, 4) is 5.75 Å². The van der Waals surface area contributed by atoms with Crippen LogP contribution in [0, 0.1) is 5.82 Å². The number of hydrogen-bond donors (Lipinski definition) is 0. The van der Waals surface area contributed by atoms with Gasteiger partial charge < -0.3 is 9.64 Å². The van der Waals surface area contributed by atoms with E-state index < -0.39 is 0 Å². The Morgan fingerprint density at radius 3 is 3.12 bits per heavy atom. The molecule has 2 aliphatic rings. The molecule has 0 atom stereocenters. The Morgan fingerprint density at radius 2 is 2.29 bits per heavy atom. The Balaban J connectivity index is 2.00. The number of halogens is 1. The van der Waals surface area contributed by atoms with E-state index in [0.29, 0.717) is 24.4 Å². The summed E-state index contributed by atoms with van der Waals surface area (Å²) >= 11 is 0. The van der Waals surface area contributed by atoms with Gasteiger partial charge in [-0.25, -0.2) is 4.39 Å². The molecule has 2 heterocycles. The van der Waals surface area contributed by atoms with Crippen LogP contribution in [0.4, 0.5) is 4.39 Å². The predicted octanol–water partition coefficient (Wildman–Crippen LogP) is 2.00. The molecule has 1 aromatic rings. The maximum absolute atomic E-state index is 13.2. The molecule has 0 N–H and O–H groups in total. The number of nitrogens with zero attached hydrogens (tertiary/aromatic N) is 1. The monoisotopic (exact) mass is 231 g/mol. The first-order valence-electron chi connectivity index (χ1n) is 5.34. The minimum absolute atomic E-state index is 0.279. The van der Waals surface area contributed by atoms with E-state index in [1.54, 1.807) is 12.3 Å². The number of aldehydes is 1. The zero-order valence-corrected chi connectivity index (χ0v) is 9.02. The topological polar surface area (TPSA) is 29.5 Å². The summed E-state index contributed by atoms with van der Waals surface area (Å²) in [5, 5.41) is 0. The van der Waals surface area contributed by atoms with Crippen LogP contribution in [0.2, 0.25) is 0 Å². The quantitative estimate of drug-likeness (QED) is 0.692. The van der Waals surface area contributed by atoms with Crippen molar-refractivity contribution in [2.45, 2.75) is 6.54 Å². The van der Waals surface area contributed by atoms with E-state index in [0.717, 1.165) is 17.5 Å². The molecule has 2 aliphatic heterocycles. The lowest BCUT2D eigenvalue weighted by molar-refractivity contribution is -0.104. The molecule has 0 fully saturated rings. The minimum atomic E-state index is -0.279. The summed E-state index contributed by atoms with van der Waals surface area (Å²) in [5.41, 5.74) is 2.17. The van der Waals surface area contributed by atoms with Gasteiger partial charge in [0.15, 0.2) is 6.29 Å². The lowest BCUT2D eigenvalue weighted by Gasteiger charge is -2.18. The summed E-state index contributed by atoms with van der Waals surface area (Å²) in [6, 6.07) is 4.43. The smallest absolute Gasteiger partial charge is 0.151 e. The van der Waals surface area contributed by atoms with E-state index in [4.69, 9.17) is 4.74 Å². The predicted molar refractivity (Wildman–Crippen MR) is 59.7 cm³/mol. The van der Waals surface area contributed by atoms with Gasteiger partial charge in [-0.2, -0.15) is 0 Å². The van der Waals surface area contributed by atoms with Gasteiger partial charge in [0.25, 0.3) is 0 Å². The fourth-order valence-electron chi connectivity index (χ4n) is 2.11. The number of rotatable bonds is 1. The van der Waals surface area contributed by atoms with Gasteiger partial charge in [-0.15, -0.1) is 0 Å². The van der Waals surface area contributed by atoms with Crippen LogP contribution in [0.15, 0.2) is 41.8 Å². The van der Waals surface area contributed by atoms with Crippen molar-refractivity contribution in [1.29, 1.82) is 0 Å². The van der Waals surface area contributed by atoms with Crippen LogP contribution in [0.25, 0.3) is 0 Å².